The van der Waals surface area contributed by atoms with Gasteiger partial charge in [-0.25, -0.2) is 0 Å². The average molecular weight is 294 g/mol. The highest BCUT2D eigenvalue weighted by Crippen LogP contribution is 2.25. The lowest BCUT2D eigenvalue weighted by Crippen LogP contribution is -2.35. The molecule has 0 aliphatic carbocycles. The van der Waals surface area contributed by atoms with E-state index in [1.807, 2.05) is 29.0 Å². The van der Waals surface area contributed by atoms with Gasteiger partial charge in [0.25, 0.3) is 0 Å². The second-order valence-corrected chi connectivity index (χ2v) is 6.45. The molecular formula is C15H20ClN3O. The van der Waals surface area contributed by atoms with Crippen LogP contribution in [0.3, 0.4) is 0 Å². The van der Waals surface area contributed by atoms with Gasteiger partial charge < -0.3 is 15.6 Å². The zero-order chi connectivity index (χ0) is 14.9. The smallest absolute Gasteiger partial charge is 0.237 e. The molecule has 0 saturated heterocycles. The van der Waals surface area contributed by atoms with Crippen molar-refractivity contribution in [2.75, 3.05) is 0 Å². The molecule has 1 heterocycles. The van der Waals surface area contributed by atoms with E-state index in [9.17, 15) is 4.79 Å². The molecule has 2 aromatic rings. The van der Waals surface area contributed by atoms with Crippen LogP contribution in [0, 0.1) is 0 Å². The van der Waals surface area contributed by atoms with Crippen molar-refractivity contribution in [1.29, 1.82) is 0 Å². The molecule has 0 spiro atoms. The van der Waals surface area contributed by atoms with E-state index < -0.39 is 0 Å². The van der Waals surface area contributed by atoms with E-state index in [1.165, 1.54) is 0 Å². The van der Waals surface area contributed by atoms with Gasteiger partial charge in [0.05, 0.1) is 5.52 Å². The van der Waals surface area contributed by atoms with Gasteiger partial charge >= 0.3 is 0 Å². The van der Waals surface area contributed by atoms with Crippen LogP contribution in [-0.2, 0) is 17.9 Å². The summed E-state index contributed by atoms with van der Waals surface area (Å²) in [4.78, 5) is 11.2. The Morgan fingerprint density at radius 2 is 2.10 bits per heavy atom. The van der Waals surface area contributed by atoms with Crippen LogP contribution in [0.1, 0.15) is 26.3 Å². The van der Waals surface area contributed by atoms with Gasteiger partial charge in [-0.15, -0.1) is 0 Å². The third-order valence-corrected chi connectivity index (χ3v) is 3.30. The maximum Gasteiger partial charge on any atom is 0.237 e. The molecule has 1 aromatic heterocycles. The minimum atomic E-state index is -0.364. The number of nitrogens with zero attached hydrogens (tertiary/aromatic N) is 1. The summed E-state index contributed by atoms with van der Waals surface area (Å²) < 4.78 is 1.85. The maximum absolute atomic E-state index is 11.2. The molecule has 0 radical (unpaired) electrons. The first-order valence-corrected chi connectivity index (χ1v) is 6.95. The van der Waals surface area contributed by atoms with E-state index in [0.717, 1.165) is 23.0 Å². The lowest BCUT2D eigenvalue weighted by atomic mass is 10.1. The minimum absolute atomic E-state index is 0.0323. The normalized spacial score (nSPS) is 12.0. The molecule has 0 atom stereocenters. The topological polar surface area (TPSA) is 60.1 Å². The second-order valence-electron chi connectivity index (χ2n) is 6.01. The van der Waals surface area contributed by atoms with E-state index in [2.05, 4.69) is 26.1 Å². The van der Waals surface area contributed by atoms with Crippen molar-refractivity contribution in [3.05, 3.63) is 35.0 Å². The zero-order valence-electron chi connectivity index (χ0n) is 12.0. The van der Waals surface area contributed by atoms with E-state index in [0.29, 0.717) is 5.02 Å². The van der Waals surface area contributed by atoms with E-state index in [1.54, 1.807) is 0 Å². The number of amides is 1. The van der Waals surface area contributed by atoms with Crippen molar-refractivity contribution < 1.29 is 4.79 Å². The Balaban J connectivity index is 2.42. The molecule has 4 nitrogen and oxygen atoms in total. The van der Waals surface area contributed by atoms with Crippen molar-refractivity contribution in [2.24, 2.45) is 5.73 Å². The Kier molecular flexibility index (Phi) is 4.06. The highest BCUT2D eigenvalue weighted by atomic mass is 35.5. The number of fused-ring (bicyclic) bond motifs is 1. The van der Waals surface area contributed by atoms with Crippen LogP contribution in [0.4, 0.5) is 0 Å². The third kappa shape index (κ3) is 3.52. The zero-order valence-corrected chi connectivity index (χ0v) is 12.8. The average Bonchev–Trinajstić information content (AvgIpc) is 2.63. The van der Waals surface area contributed by atoms with Crippen LogP contribution in [0.25, 0.3) is 10.9 Å². The summed E-state index contributed by atoms with van der Waals surface area (Å²) in [5.41, 5.74) is 7.39. The molecule has 0 unspecified atom stereocenters. The van der Waals surface area contributed by atoms with E-state index in [4.69, 9.17) is 17.3 Å². The molecule has 0 aliphatic rings. The number of nitrogens with one attached hydrogen (secondary N) is 1. The van der Waals surface area contributed by atoms with Crippen LogP contribution in [0.5, 0.6) is 0 Å². The molecule has 1 aromatic carbocycles. The lowest BCUT2D eigenvalue weighted by Gasteiger charge is -2.20. The van der Waals surface area contributed by atoms with Gasteiger partial charge in [0.1, 0.15) is 6.54 Å². The summed E-state index contributed by atoms with van der Waals surface area (Å²) in [7, 11) is 0. The minimum Gasteiger partial charge on any atom is -0.368 e. The Labute approximate surface area is 123 Å². The first-order chi connectivity index (χ1) is 9.26. The maximum atomic E-state index is 11.2. The molecular weight excluding hydrogens is 274 g/mol. The predicted octanol–water partition coefficient (Wildman–Crippen LogP) is 2.67. The fourth-order valence-corrected chi connectivity index (χ4v) is 2.31. The number of carbonyl (C=O) groups is 1. The lowest BCUT2D eigenvalue weighted by molar-refractivity contribution is -0.118. The van der Waals surface area contributed by atoms with Crippen LogP contribution in [0.2, 0.25) is 5.02 Å². The van der Waals surface area contributed by atoms with Gasteiger partial charge in [0.15, 0.2) is 0 Å². The largest absolute Gasteiger partial charge is 0.368 e. The highest BCUT2D eigenvalue weighted by Gasteiger charge is 2.13. The Morgan fingerprint density at radius 3 is 2.70 bits per heavy atom. The number of halogens is 1. The van der Waals surface area contributed by atoms with Gasteiger partial charge in [-0.05, 0) is 38.5 Å². The van der Waals surface area contributed by atoms with Gasteiger partial charge in [-0.1, -0.05) is 17.7 Å². The third-order valence-electron chi connectivity index (χ3n) is 3.06. The summed E-state index contributed by atoms with van der Waals surface area (Å²) in [5, 5.41) is 5.19. The Bertz CT molecular complexity index is 640. The summed E-state index contributed by atoms with van der Waals surface area (Å²) in [6.45, 7) is 7.24. The van der Waals surface area contributed by atoms with Gasteiger partial charge in [-0.3, -0.25) is 4.79 Å². The van der Waals surface area contributed by atoms with E-state index in [-0.39, 0.29) is 18.0 Å². The van der Waals surface area contributed by atoms with Crippen molar-refractivity contribution in [2.45, 2.75) is 39.4 Å². The van der Waals surface area contributed by atoms with Crippen molar-refractivity contribution in [3.8, 4) is 0 Å². The van der Waals surface area contributed by atoms with Gasteiger partial charge in [-0.2, -0.15) is 0 Å². The molecule has 2 rings (SSSR count). The monoisotopic (exact) mass is 293 g/mol. The summed E-state index contributed by atoms with van der Waals surface area (Å²) in [6.07, 6.45) is 1.96. The van der Waals surface area contributed by atoms with Crippen LogP contribution in [-0.4, -0.2) is 16.0 Å². The van der Waals surface area contributed by atoms with Crippen LogP contribution < -0.4 is 11.1 Å². The number of rotatable bonds is 4. The molecule has 5 heteroatoms. The quantitative estimate of drug-likeness (QED) is 0.910. The predicted molar refractivity (Wildman–Crippen MR) is 82.7 cm³/mol. The van der Waals surface area contributed by atoms with Crippen molar-refractivity contribution in [3.63, 3.8) is 0 Å². The SMILES string of the molecule is CC(C)(C)NCc1cn(CC(N)=O)c2cc(Cl)ccc12. The number of hydrogen-bond donors (Lipinski definition) is 2. The fourth-order valence-electron chi connectivity index (χ4n) is 2.14. The Morgan fingerprint density at radius 1 is 1.40 bits per heavy atom. The van der Waals surface area contributed by atoms with Gasteiger partial charge in [0.2, 0.25) is 5.91 Å². The highest BCUT2D eigenvalue weighted by molar-refractivity contribution is 6.31. The number of carbonyl (C=O) groups excluding carboxylic acids is 1. The summed E-state index contributed by atoms with van der Waals surface area (Å²) in [5.74, 6) is -0.364. The molecule has 0 fully saturated rings. The second kappa shape index (κ2) is 5.46. The summed E-state index contributed by atoms with van der Waals surface area (Å²) >= 11 is 6.04. The molecule has 0 bridgehead atoms. The Hall–Kier alpha value is -1.52. The van der Waals surface area contributed by atoms with Crippen LogP contribution >= 0.6 is 11.6 Å². The number of primary amides is 1. The summed E-state index contributed by atoms with van der Waals surface area (Å²) in [6, 6.07) is 5.70. The molecule has 20 heavy (non-hydrogen) atoms. The van der Waals surface area contributed by atoms with Gasteiger partial charge in [0, 0.05) is 28.7 Å². The molecule has 0 aliphatic heterocycles. The molecule has 0 saturated carbocycles. The molecule has 1 amide bonds. The standard InChI is InChI=1S/C15H20ClN3O/c1-15(2,3)18-7-10-8-19(9-14(17)20)13-6-11(16)4-5-12(10)13/h4-6,8,18H,7,9H2,1-3H3,(H2,17,20). The molecule has 108 valence electrons. The fraction of sp³-hybridized carbons (Fsp3) is 0.400. The number of nitrogens with two attached hydrogens (primary N) is 1. The number of benzene rings is 1. The van der Waals surface area contributed by atoms with Crippen LogP contribution in [0.15, 0.2) is 24.4 Å². The first kappa shape index (κ1) is 14.9. The number of hydrogen-bond acceptors (Lipinski definition) is 2. The van der Waals surface area contributed by atoms with Crippen molar-refractivity contribution in [1.82, 2.24) is 9.88 Å². The number of aromatic nitrogens is 1. The molecule has 3 N–H and O–H groups in total. The van der Waals surface area contributed by atoms with E-state index >= 15 is 0 Å². The van der Waals surface area contributed by atoms with Crippen molar-refractivity contribution >= 4 is 28.4 Å². The first-order valence-electron chi connectivity index (χ1n) is 6.57.